The van der Waals surface area contributed by atoms with E-state index in [-0.39, 0.29) is 29.2 Å². The summed E-state index contributed by atoms with van der Waals surface area (Å²) >= 11 is 18.2. The Bertz CT molecular complexity index is 1240. The average Bonchev–Trinajstić information content (AvgIpc) is 3.30. The number of hydrogen-bond donors (Lipinski definition) is 1. The van der Waals surface area contributed by atoms with E-state index in [0.717, 1.165) is 48.4 Å². The molecule has 2 amide bonds. The Labute approximate surface area is 225 Å². The van der Waals surface area contributed by atoms with Crippen LogP contribution in [0.3, 0.4) is 0 Å². The Morgan fingerprint density at radius 2 is 1.75 bits per heavy atom. The zero-order chi connectivity index (χ0) is 26.6. The van der Waals surface area contributed by atoms with E-state index in [4.69, 9.17) is 34.8 Å². The largest absolute Gasteiger partial charge is 0.352 e. The van der Waals surface area contributed by atoms with Crippen LogP contribution < -0.4 is 9.62 Å². The topological polar surface area (TPSA) is 86.8 Å². The molecule has 1 aliphatic rings. The second-order valence-corrected chi connectivity index (χ2v) is 11.9. The van der Waals surface area contributed by atoms with Gasteiger partial charge in [0.25, 0.3) is 0 Å². The van der Waals surface area contributed by atoms with Crippen molar-refractivity contribution in [2.24, 2.45) is 0 Å². The van der Waals surface area contributed by atoms with Crippen LogP contribution in [-0.2, 0) is 26.2 Å². The number of halogens is 4. The molecule has 1 fully saturated rings. The maximum absolute atomic E-state index is 13.7. The lowest BCUT2D eigenvalue weighted by atomic mass is 10.1. The predicted octanol–water partition coefficient (Wildman–Crippen LogP) is 5.03. The van der Waals surface area contributed by atoms with Gasteiger partial charge in [0, 0.05) is 22.6 Å². The number of hydrogen-bond acceptors (Lipinski definition) is 4. The second kappa shape index (κ2) is 12.0. The van der Waals surface area contributed by atoms with Crippen LogP contribution >= 0.6 is 34.8 Å². The molecule has 12 heteroatoms. The Hall–Kier alpha value is -2.07. The summed E-state index contributed by atoms with van der Waals surface area (Å²) in [5.41, 5.74) is 0.551. The molecule has 1 atom stereocenters. The monoisotopic (exact) mass is 577 g/mol. The molecule has 2 aromatic rings. The molecule has 3 rings (SSSR count). The summed E-state index contributed by atoms with van der Waals surface area (Å²) in [7, 11) is -3.97. The zero-order valence-electron chi connectivity index (χ0n) is 19.8. The molecule has 0 bridgehead atoms. The lowest BCUT2D eigenvalue weighted by molar-refractivity contribution is -0.139. The molecule has 36 heavy (non-hydrogen) atoms. The van der Waals surface area contributed by atoms with E-state index in [9.17, 15) is 22.4 Å². The summed E-state index contributed by atoms with van der Waals surface area (Å²) < 4.78 is 39.6. The van der Waals surface area contributed by atoms with Crippen LogP contribution in [-0.4, -0.2) is 50.0 Å². The zero-order valence-corrected chi connectivity index (χ0v) is 22.9. The van der Waals surface area contributed by atoms with Crippen molar-refractivity contribution in [2.45, 2.75) is 51.2 Å². The van der Waals surface area contributed by atoms with Crippen molar-refractivity contribution in [1.29, 1.82) is 0 Å². The molecule has 1 unspecified atom stereocenters. The molecule has 0 saturated heterocycles. The Balaban J connectivity index is 1.92. The lowest BCUT2D eigenvalue weighted by Crippen LogP contribution is -2.52. The SMILES string of the molecule is CC(C(=O)NC1CCCC1)N(Cc1ccc(Cl)cc1Cl)C(=O)CN(c1ccc(F)c(Cl)c1)S(C)(=O)=O. The quantitative estimate of drug-likeness (QED) is 0.452. The van der Waals surface area contributed by atoms with Crippen LogP contribution in [0, 0.1) is 5.82 Å². The molecule has 1 N–H and O–H groups in total. The van der Waals surface area contributed by atoms with Gasteiger partial charge in [-0.05, 0) is 55.7 Å². The van der Waals surface area contributed by atoms with Gasteiger partial charge < -0.3 is 10.2 Å². The first kappa shape index (κ1) is 28.5. The Morgan fingerprint density at radius 1 is 1.08 bits per heavy atom. The first-order valence-electron chi connectivity index (χ1n) is 11.3. The van der Waals surface area contributed by atoms with Gasteiger partial charge in [-0.2, -0.15) is 0 Å². The minimum atomic E-state index is -3.97. The fourth-order valence-electron chi connectivity index (χ4n) is 4.06. The van der Waals surface area contributed by atoms with Crippen molar-refractivity contribution in [2.75, 3.05) is 17.1 Å². The summed E-state index contributed by atoms with van der Waals surface area (Å²) in [5.74, 6) is -1.73. The summed E-state index contributed by atoms with van der Waals surface area (Å²) in [6, 6.07) is 7.23. The fourth-order valence-corrected chi connectivity index (χ4v) is 5.55. The minimum absolute atomic E-state index is 0.0183. The number of sulfonamides is 1. The van der Waals surface area contributed by atoms with E-state index >= 15 is 0 Å². The van der Waals surface area contributed by atoms with E-state index in [1.54, 1.807) is 19.1 Å². The third-order valence-electron chi connectivity index (χ3n) is 6.10. The van der Waals surface area contributed by atoms with Crippen molar-refractivity contribution in [3.8, 4) is 0 Å². The van der Waals surface area contributed by atoms with Crippen LogP contribution in [0.5, 0.6) is 0 Å². The number of benzene rings is 2. The number of rotatable bonds is 9. The lowest BCUT2D eigenvalue weighted by Gasteiger charge is -2.32. The molecule has 0 spiro atoms. The highest BCUT2D eigenvalue weighted by Gasteiger charge is 2.32. The fraction of sp³-hybridized carbons (Fsp3) is 0.417. The van der Waals surface area contributed by atoms with Crippen LogP contribution in [0.4, 0.5) is 10.1 Å². The number of carbonyl (C=O) groups is 2. The highest BCUT2D eigenvalue weighted by molar-refractivity contribution is 7.92. The maximum Gasteiger partial charge on any atom is 0.244 e. The highest BCUT2D eigenvalue weighted by Crippen LogP contribution is 2.27. The van der Waals surface area contributed by atoms with Gasteiger partial charge in [0.15, 0.2) is 0 Å². The van der Waals surface area contributed by atoms with Crippen molar-refractivity contribution in [3.05, 3.63) is 62.8 Å². The van der Waals surface area contributed by atoms with Crippen molar-refractivity contribution in [1.82, 2.24) is 10.2 Å². The normalized spacial score (nSPS) is 14.9. The summed E-state index contributed by atoms with van der Waals surface area (Å²) in [4.78, 5) is 27.9. The molecule has 0 aromatic heterocycles. The third kappa shape index (κ3) is 7.25. The Morgan fingerprint density at radius 3 is 2.33 bits per heavy atom. The smallest absolute Gasteiger partial charge is 0.244 e. The first-order chi connectivity index (χ1) is 16.9. The van der Waals surface area contributed by atoms with E-state index in [1.165, 1.54) is 17.0 Å². The second-order valence-electron chi connectivity index (χ2n) is 8.79. The van der Waals surface area contributed by atoms with Gasteiger partial charge in [-0.15, -0.1) is 0 Å². The van der Waals surface area contributed by atoms with Gasteiger partial charge in [0.2, 0.25) is 21.8 Å². The molecule has 1 aliphatic carbocycles. The average molecular weight is 579 g/mol. The number of amides is 2. The number of nitrogens with one attached hydrogen (secondary N) is 1. The highest BCUT2D eigenvalue weighted by atomic mass is 35.5. The van der Waals surface area contributed by atoms with Gasteiger partial charge in [0.1, 0.15) is 18.4 Å². The van der Waals surface area contributed by atoms with Crippen LogP contribution in [0.15, 0.2) is 36.4 Å². The first-order valence-corrected chi connectivity index (χ1v) is 14.3. The predicted molar refractivity (Wildman–Crippen MR) is 140 cm³/mol. The van der Waals surface area contributed by atoms with Gasteiger partial charge in [-0.25, -0.2) is 12.8 Å². The molecular weight excluding hydrogens is 552 g/mol. The number of carbonyl (C=O) groups excluding carboxylic acids is 2. The number of nitrogens with zero attached hydrogens (tertiary/aromatic N) is 2. The Kier molecular flexibility index (Phi) is 9.49. The van der Waals surface area contributed by atoms with E-state index in [1.807, 2.05) is 0 Å². The van der Waals surface area contributed by atoms with Crippen molar-refractivity contribution in [3.63, 3.8) is 0 Å². The maximum atomic E-state index is 13.7. The molecule has 2 aromatic carbocycles. The van der Waals surface area contributed by atoms with Crippen LogP contribution in [0.25, 0.3) is 0 Å². The van der Waals surface area contributed by atoms with Crippen molar-refractivity contribution >= 4 is 62.3 Å². The van der Waals surface area contributed by atoms with Crippen LogP contribution in [0.2, 0.25) is 15.1 Å². The summed E-state index contributed by atoms with van der Waals surface area (Å²) in [6.45, 7) is 0.883. The molecule has 1 saturated carbocycles. The third-order valence-corrected chi connectivity index (χ3v) is 8.11. The number of anilines is 1. The molecular formula is C24H27Cl3FN3O4S. The van der Waals surface area contributed by atoms with E-state index in [2.05, 4.69) is 5.32 Å². The molecule has 0 heterocycles. The molecule has 7 nitrogen and oxygen atoms in total. The van der Waals surface area contributed by atoms with Crippen LogP contribution in [0.1, 0.15) is 38.2 Å². The van der Waals surface area contributed by atoms with E-state index in [0.29, 0.717) is 15.6 Å². The van der Waals surface area contributed by atoms with Gasteiger partial charge >= 0.3 is 0 Å². The summed E-state index contributed by atoms with van der Waals surface area (Å²) in [6.07, 6.45) is 4.69. The van der Waals surface area contributed by atoms with Gasteiger partial charge in [-0.3, -0.25) is 13.9 Å². The molecule has 0 radical (unpaired) electrons. The molecule has 196 valence electrons. The van der Waals surface area contributed by atoms with Crippen molar-refractivity contribution < 1.29 is 22.4 Å². The minimum Gasteiger partial charge on any atom is -0.352 e. The van der Waals surface area contributed by atoms with Gasteiger partial charge in [0.05, 0.1) is 17.0 Å². The molecule has 0 aliphatic heterocycles. The van der Waals surface area contributed by atoms with Gasteiger partial charge in [-0.1, -0.05) is 53.7 Å². The standard InChI is InChI=1S/C24H27Cl3FN3O4S/c1-15(24(33)29-18-5-3-4-6-18)30(13-16-7-8-17(25)11-20(16)26)23(32)14-31(36(2,34)35)19-9-10-22(28)21(27)12-19/h7-12,15,18H,3-6,13-14H2,1-2H3,(H,29,33). The van der Waals surface area contributed by atoms with E-state index < -0.39 is 34.3 Å². The summed E-state index contributed by atoms with van der Waals surface area (Å²) in [5, 5.41) is 3.39.